The molecule has 0 unspecified atom stereocenters. The quantitative estimate of drug-likeness (QED) is 0.836. The zero-order valence-corrected chi connectivity index (χ0v) is 9.97. The van der Waals surface area contributed by atoms with Crippen molar-refractivity contribution < 1.29 is 17.2 Å². The fraction of sp³-hybridized carbons (Fsp3) is 0.400. The Morgan fingerprint density at radius 2 is 1.94 bits per heavy atom. The highest BCUT2D eigenvalue weighted by atomic mass is 32.2. The van der Waals surface area contributed by atoms with Gasteiger partial charge in [-0.1, -0.05) is 0 Å². The first-order valence-electron chi connectivity index (χ1n) is 5.06. The largest absolute Gasteiger partial charge is 0.399 e. The maximum atomic E-state index is 13.5. The molecule has 7 heteroatoms. The number of nitrogens with two attached hydrogens (primary N) is 1. The molecule has 1 aliphatic rings. The minimum Gasteiger partial charge on any atom is -0.399 e. The third kappa shape index (κ3) is 2.12. The van der Waals surface area contributed by atoms with Gasteiger partial charge in [-0.3, -0.25) is 0 Å². The van der Waals surface area contributed by atoms with Crippen LogP contribution in [0, 0.1) is 11.6 Å². The molecule has 4 nitrogen and oxygen atoms in total. The lowest BCUT2D eigenvalue weighted by molar-refractivity contribution is 0.446. The molecule has 0 amide bonds. The van der Waals surface area contributed by atoms with Crippen molar-refractivity contribution in [2.24, 2.45) is 0 Å². The highest BCUT2D eigenvalue weighted by molar-refractivity contribution is 7.89. The van der Waals surface area contributed by atoms with Crippen LogP contribution < -0.4 is 5.73 Å². The number of nitrogens with zero attached hydrogens (tertiary/aromatic N) is 1. The van der Waals surface area contributed by atoms with Crippen molar-refractivity contribution in [3.63, 3.8) is 0 Å². The van der Waals surface area contributed by atoms with Crippen molar-refractivity contribution in [3.05, 3.63) is 23.8 Å². The highest BCUT2D eigenvalue weighted by Crippen LogP contribution is 2.32. The smallest absolute Gasteiger partial charge is 0.246 e. The lowest BCUT2D eigenvalue weighted by atomic mass is 10.3. The second-order valence-electron chi connectivity index (χ2n) is 4.07. The number of rotatable bonds is 3. The van der Waals surface area contributed by atoms with E-state index in [4.69, 9.17) is 5.73 Å². The van der Waals surface area contributed by atoms with Gasteiger partial charge in [-0.2, -0.15) is 4.31 Å². The maximum absolute atomic E-state index is 13.5. The Kier molecular flexibility index (Phi) is 2.82. The number of benzene rings is 1. The van der Waals surface area contributed by atoms with Gasteiger partial charge in [0, 0.05) is 18.8 Å². The van der Waals surface area contributed by atoms with Crippen LogP contribution in [0.3, 0.4) is 0 Å². The molecule has 1 aliphatic carbocycles. The van der Waals surface area contributed by atoms with E-state index in [-0.39, 0.29) is 11.7 Å². The standard InChI is InChI=1S/C10H12F2N2O2S/c1-14(7-2-3-7)17(15,16)9-5-6(13)4-8(11)10(9)12/h4-5,7H,2-3,13H2,1H3. The molecular formula is C10H12F2N2O2S. The number of halogens is 2. The van der Waals surface area contributed by atoms with E-state index >= 15 is 0 Å². The van der Waals surface area contributed by atoms with Crippen LogP contribution in [-0.4, -0.2) is 25.8 Å². The van der Waals surface area contributed by atoms with Gasteiger partial charge in [0.15, 0.2) is 11.6 Å². The maximum Gasteiger partial charge on any atom is 0.246 e. The SMILES string of the molecule is CN(C1CC1)S(=O)(=O)c1cc(N)cc(F)c1F. The van der Waals surface area contributed by atoms with Crippen molar-refractivity contribution in [3.8, 4) is 0 Å². The fourth-order valence-corrected chi connectivity index (χ4v) is 3.08. The molecule has 0 heterocycles. The Hall–Kier alpha value is -1.21. The molecule has 1 aromatic carbocycles. The number of nitrogen functional groups attached to an aromatic ring is 1. The van der Waals surface area contributed by atoms with Crippen molar-refractivity contribution in [2.75, 3.05) is 12.8 Å². The lowest BCUT2D eigenvalue weighted by Gasteiger charge is -2.17. The summed E-state index contributed by atoms with van der Waals surface area (Å²) < 4.78 is 51.7. The van der Waals surface area contributed by atoms with E-state index < -0.39 is 26.6 Å². The Labute approximate surface area is 98.1 Å². The summed E-state index contributed by atoms with van der Waals surface area (Å²) in [6.07, 6.45) is 1.48. The summed E-state index contributed by atoms with van der Waals surface area (Å²) in [5.41, 5.74) is 5.21. The molecule has 1 saturated carbocycles. The van der Waals surface area contributed by atoms with Crippen LogP contribution in [0.25, 0.3) is 0 Å². The Bertz CT molecular complexity index is 556. The van der Waals surface area contributed by atoms with Crippen LogP contribution in [0.2, 0.25) is 0 Å². The van der Waals surface area contributed by atoms with E-state index in [9.17, 15) is 17.2 Å². The minimum absolute atomic E-state index is 0.119. The number of sulfonamides is 1. The Balaban J connectivity index is 2.52. The molecule has 2 N–H and O–H groups in total. The van der Waals surface area contributed by atoms with Crippen LogP contribution in [0.15, 0.2) is 17.0 Å². The fourth-order valence-electron chi connectivity index (χ4n) is 1.56. The van der Waals surface area contributed by atoms with E-state index in [1.165, 1.54) is 7.05 Å². The number of anilines is 1. The van der Waals surface area contributed by atoms with Crippen LogP contribution in [-0.2, 0) is 10.0 Å². The number of hydrogen-bond donors (Lipinski definition) is 1. The average molecular weight is 262 g/mol. The van der Waals surface area contributed by atoms with Gasteiger partial charge in [0.05, 0.1) is 0 Å². The van der Waals surface area contributed by atoms with Crippen molar-refractivity contribution in [2.45, 2.75) is 23.8 Å². The zero-order chi connectivity index (χ0) is 12.8. The predicted octanol–water partition coefficient (Wildman–Crippen LogP) is 1.33. The van der Waals surface area contributed by atoms with Gasteiger partial charge in [-0.25, -0.2) is 17.2 Å². The van der Waals surface area contributed by atoms with Crippen LogP contribution in [0.4, 0.5) is 14.5 Å². The van der Waals surface area contributed by atoms with E-state index in [1.54, 1.807) is 0 Å². The van der Waals surface area contributed by atoms with Gasteiger partial charge in [-0.05, 0) is 25.0 Å². The van der Waals surface area contributed by atoms with Gasteiger partial charge in [0.25, 0.3) is 0 Å². The molecule has 0 atom stereocenters. The minimum atomic E-state index is -4.01. The molecule has 0 spiro atoms. The van der Waals surface area contributed by atoms with E-state index in [1.807, 2.05) is 0 Å². The van der Waals surface area contributed by atoms with E-state index in [0.717, 1.165) is 29.3 Å². The number of hydrogen-bond acceptors (Lipinski definition) is 3. The summed E-state index contributed by atoms with van der Waals surface area (Å²) in [7, 11) is -2.66. The van der Waals surface area contributed by atoms with Gasteiger partial charge < -0.3 is 5.73 Å². The summed E-state index contributed by atoms with van der Waals surface area (Å²) in [6, 6.07) is 1.57. The van der Waals surface area contributed by atoms with Crippen molar-refractivity contribution >= 4 is 15.7 Å². The predicted molar refractivity (Wildman–Crippen MR) is 58.7 cm³/mol. The van der Waals surface area contributed by atoms with Crippen LogP contribution in [0.5, 0.6) is 0 Å². The van der Waals surface area contributed by atoms with Gasteiger partial charge in [0.1, 0.15) is 4.90 Å². The van der Waals surface area contributed by atoms with Gasteiger partial charge in [-0.15, -0.1) is 0 Å². The third-order valence-corrected chi connectivity index (χ3v) is 4.64. The Morgan fingerprint density at radius 3 is 2.47 bits per heavy atom. The summed E-state index contributed by atoms with van der Waals surface area (Å²) >= 11 is 0. The summed E-state index contributed by atoms with van der Waals surface area (Å²) in [6.45, 7) is 0. The van der Waals surface area contributed by atoms with Gasteiger partial charge in [0.2, 0.25) is 10.0 Å². The van der Waals surface area contributed by atoms with Crippen LogP contribution >= 0.6 is 0 Å². The molecule has 2 rings (SSSR count). The molecule has 1 fully saturated rings. The first-order valence-corrected chi connectivity index (χ1v) is 6.50. The molecule has 94 valence electrons. The molecule has 0 radical (unpaired) electrons. The topological polar surface area (TPSA) is 63.4 Å². The monoisotopic (exact) mass is 262 g/mol. The summed E-state index contributed by atoms with van der Waals surface area (Å²) in [5.74, 6) is -2.64. The summed E-state index contributed by atoms with van der Waals surface area (Å²) in [5, 5.41) is 0. The molecule has 0 saturated heterocycles. The van der Waals surface area contributed by atoms with Crippen molar-refractivity contribution in [1.29, 1.82) is 0 Å². The normalized spacial score (nSPS) is 16.5. The van der Waals surface area contributed by atoms with E-state index in [0.29, 0.717) is 0 Å². The molecular weight excluding hydrogens is 250 g/mol. The zero-order valence-electron chi connectivity index (χ0n) is 9.15. The first kappa shape index (κ1) is 12.3. The van der Waals surface area contributed by atoms with E-state index in [2.05, 4.69) is 0 Å². The summed E-state index contributed by atoms with van der Waals surface area (Å²) in [4.78, 5) is -0.704. The third-order valence-electron chi connectivity index (χ3n) is 2.74. The second-order valence-corrected chi connectivity index (χ2v) is 6.03. The first-order chi connectivity index (χ1) is 7.84. The average Bonchev–Trinajstić information content (AvgIpc) is 3.05. The molecule has 0 bridgehead atoms. The van der Waals surface area contributed by atoms with Crippen molar-refractivity contribution in [1.82, 2.24) is 4.31 Å². The molecule has 1 aromatic rings. The Morgan fingerprint density at radius 1 is 1.35 bits per heavy atom. The second kappa shape index (κ2) is 3.92. The molecule has 0 aromatic heterocycles. The van der Waals surface area contributed by atoms with Crippen LogP contribution in [0.1, 0.15) is 12.8 Å². The highest BCUT2D eigenvalue weighted by Gasteiger charge is 2.37. The molecule has 0 aliphatic heterocycles. The lowest BCUT2D eigenvalue weighted by Crippen LogP contribution is -2.30. The van der Waals surface area contributed by atoms with Gasteiger partial charge >= 0.3 is 0 Å². The molecule has 17 heavy (non-hydrogen) atoms.